The van der Waals surface area contributed by atoms with Gasteiger partial charge in [0, 0.05) is 18.7 Å². The molecule has 1 fully saturated rings. The molecule has 9 heteroatoms. The van der Waals surface area contributed by atoms with Crippen LogP contribution in [0.4, 0.5) is 13.6 Å². The lowest BCUT2D eigenvalue weighted by atomic mass is 9.94. The molecule has 25 heavy (non-hydrogen) atoms. The number of halogens is 2. The van der Waals surface area contributed by atoms with Gasteiger partial charge in [0.25, 0.3) is 0 Å². The molecule has 1 saturated carbocycles. The third-order valence-corrected chi connectivity index (χ3v) is 4.50. The Morgan fingerprint density at radius 3 is 2.60 bits per heavy atom. The fourth-order valence-corrected chi connectivity index (χ4v) is 3.23. The zero-order valence-electron chi connectivity index (χ0n) is 13.9. The van der Waals surface area contributed by atoms with Crippen LogP contribution in [0, 0.1) is 11.6 Å². The van der Waals surface area contributed by atoms with Gasteiger partial charge in [0.2, 0.25) is 0 Å². The van der Waals surface area contributed by atoms with Gasteiger partial charge in [-0.05, 0) is 42.3 Å². The summed E-state index contributed by atoms with van der Waals surface area (Å²) in [5, 5.41) is 7.15. The van der Waals surface area contributed by atoms with Crippen molar-refractivity contribution < 1.29 is 13.6 Å². The third kappa shape index (κ3) is 3.31. The Hall–Kier alpha value is -2.58. The molecule has 2 aromatic rings. The second-order valence-corrected chi connectivity index (χ2v) is 6.04. The fraction of sp³-hybridized carbons (Fsp3) is 0.500. The number of carbonyl (C=O) groups excluding carboxylic acids is 1. The van der Waals surface area contributed by atoms with E-state index in [9.17, 15) is 18.4 Å². The molecule has 1 heterocycles. The predicted octanol–water partition coefficient (Wildman–Crippen LogP) is 2.33. The molecule has 3 rings (SSSR count). The fourth-order valence-electron chi connectivity index (χ4n) is 3.23. The van der Waals surface area contributed by atoms with Crippen molar-refractivity contribution in [3.05, 3.63) is 40.3 Å². The molecule has 0 atom stereocenters. The summed E-state index contributed by atoms with van der Waals surface area (Å²) in [5.41, 5.74) is -1.14. The minimum Gasteiger partial charge on any atom is -0.320 e. The van der Waals surface area contributed by atoms with E-state index in [4.69, 9.17) is 0 Å². The second kappa shape index (κ2) is 7.12. The highest BCUT2D eigenvalue weighted by Gasteiger charge is 2.28. The predicted molar refractivity (Wildman–Crippen MR) is 85.6 cm³/mol. The number of carbonyl (C=O) groups is 1. The van der Waals surface area contributed by atoms with Gasteiger partial charge >= 0.3 is 11.7 Å². The van der Waals surface area contributed by atoms with Gasteiger partial charge in [0.15, 0.2) is 5.82 Å². The van der Waals surface area contributed by atoms with Crippen molar-refractivity contribution >= 4 is 6.03 Å². The summed E-state index contributed by atoms with van der Waals surface area (Å²) in [4.78, 5) is 26.7. The van der Waals surface area contributed by atoms with Crippen molar-refractivity contribution in [1.29, 1.82) is 0 Å². The first-order valence-electron chi connectivity index (χ1n) is 8.34. The average Bonchev–Trinajstić information content (AvgIpc) is 2.98. The zero-order chi connectivity index (χ0) is 18.0. The number of tetrazole rings is 1. The quantitative estimate of drug-likeness (QED) is 0.796. The van der Waals surface area contributed by atoms with Crippen molar-refractivity contribution in [1.82, 2.24) is 24.7 Å². The first kappa shape index (κ1) is 17.2. The van der Waals surface area contributed by atoms with E-state index in [1.807, 2.05) is 6.92 Å². The van der Waals surface area contributed by atoms with E-state index in [-0.39, 0.29) is 11.7 Å². The number of hydrogen-bond acceptors (Lipinski definition) is 4. The van der Waals surface area contributed by atoms with Crippen LogP contribution in [-0.2, 0) is 0 Å². The molecule has 7 nitrogen and oxygen atoms in total. The van der Waals surface area contributed by atoms with Crippen LogP contribution < -0.4 is 5.69 Å². The van der Waals surface area contributed by atoms with Crippen molar-refractivity contribution in [3.63, 3.8) is 0 Å². The van der Waals surface area contributed by atoms with Crippen molar-refractivity contribution in [2.24, 2.45) is 0 Å². The maximum atomic E-state index is 13.9. The van der Waals surface area contributed by atoms with Gasteiger partial charge in [-0.1, -0.05) is 19.3 Å². The minimum absolute atomic E-state index is 0.0610. The molecule has 1 aromatic heterocycles. The van der Waals surface area contributed by atoms with E-state index in [0.717, 1.165) is 44.2 Å². The topological polar surface area (TPSA) is 73.0 Å². The van der Waals surface area contributed by atoms with Crippen LogP contribution in [0.3, 0.4) is 0 Å². The van der Waals surface area contributed by atoms with Crippen LogP contribution in [0.15, 0.2) is 23.0 Å². The summed E-state index contributed by atoms with van der Waals surface area (Å²) in [7, 11) is 0. The highest BCUT2D eigenvalue weighted by molar-refractivity contribution is 5.75. The standard InChI is InChI=1S/C16H19F2N5O2/c1-2-21(12-6-4-3-5-7-12)15(24)23-16(25)22(19-20-23)14-9-8-11(17)10-13(14)18/h8-10,12H,2-7H2,1H3. The molecular formula is C16H19F2N5O2. The van der Waals surface area contributed by atoms with E-state index in [0.29, 0.717) is 22.0 Å². The van der Waals surface area contributed by atoms with E-state index in [1.165, 1.54) is 0 Å². The van der Waals surface area contributed by atoms with Crippen molar-refractivity contribution in [2.45, 2.75) is 45.1 Å². The highest BCUT2D eigenvalue weighted by atomic mass is 19.1. The van der Waals surface area contributed by atoms with Crippen LogP contribution >= 0.6 is 0 Å². The lowest BCUT2D eigenvalue weighted by Crippen LogP contribution is -2.47. The average molecular weight is 351 g/mol. The molecule has 1 aromatic carbocycles. The molecule has 0 saturated heterocycles. The lowest BCUT2D eigenvalue weighted by Gasteiger charge is -2.32. The summed E-state index contributed by atoms with van der Waals surface area (Å²) >= 11 is 0. The van der Waals surface area contributed by atoms with Gasteiger partial charge < -0.3 is 4.90 Å². The van der Waals surface area contributed by atoms with Gasteiger partial charge in [-0.25, -0.2) is 18.4 Å². The van der Waals surface area contributed by atoms with Crippen LogP contribution in [0.2, 0.25) is 0 Å². The number of aromatic nitrogens is 4. The molecule has 1 aliphatic carbocycles. The number of hydrogen-bond donors (Lipinski definition) is 0. The Kier molecular flexibility index (Phi) is 4.91. The zero-order valence-corrected chi connectivity index (χ0v) is 13.9. The normalized spacial score (nSPS) is 15.3. The molecular weight excluding hydrogens is 332 g/mol. The Morgan fingerprint density at radius 2 is 1.96 bits per heavy atom. The molecule has 1 aliphatic rings. The number of amides is 1. The molecule has 0 unspecified atom stereocenters. The van der Waals surface area contributed by atoms with E-state index in [2.05, 4.69) is 10.4 Å². The largest absolute Gasteiger partial charge is 0.377 e. The lowest BCUT2D eigenvalue weighted by molar-refractivity contribution is 0.157. The van der Waals surface area contributed by atoms with Gasteiger partial charge in [0.05, 0.1) is 0 Å². The second-order valence-electron chi connectivity index (χ2n) is 6.04. The Morgan fingerprint density at radius 1 is 1.24 bits per heavy atom. The molecule has 134 valence electrons. The first-order valence-corrected chi connectivity index (χ1v) is 8.34. The van der Waals surface area contributed by atoms with Crippen LogP contribution in [0.5, 0.6) is 0 Å². The Balaban J connectivity index is 1.91. The summed E-state index contributed by atoms with van der Waals surface area (Å²) in [5.74, 6) is -1.73. The van der Waals surface area contributed by atoms with Crippen LogP contribution in [-0.4, -0.2) is 43.3 Å². The van der Waals surface area contributed by atoms with E-state index >= 15 is 0 Å². The van der Waals surface area contributed by atoms with E-state index in [1.54, 1.807) is 4.90 Å². The summed E-state index contributed by atoms with van der Waals surface area (Å²) in [6.07, 6.45) is 4.99. The number of nitrogens with zero attached hydrogens (tertiary/aromatic N) is 5. The summed E-state index contributed by atoms with van der Waals surface area (Å²) < 4.78 is 28.2. The van der Waals surface area contributed by atoms with Gasteiger partial charge in [-0.3, -0.25) is 0 Å². The minimum atomic E-state index is -0.957. The molecule has 0 radical (unpaired) electrons. The van der Waals surface area contributed by atoms with Gasteiger partial charge in [-0.2, -0.15) is 4.68 Å². The van der Waals surface area contributed by atoms with Crippen LogP contribution in [0.25, 0.3) is 5.69 Å². The maximum absolute atomic E-state index is 13.9. The molecule has 1 amide bonds. The highest BCUT2D eigenvalue weighted by Crippen LogP contribution is 2.22. The van der Waals surface area contributed by atoms with Crippen molar-refractivity contribution in [3.8, 4) is 5.69 Å². The summed E-state index contributed by atoms with van der Waals surface area (Å²) in [6.45, 7) is 2.27. The first-order chi connectivity index (χ1) is 12.0. The Labute approximate surface area is 142 Å². The molecule has 0 bridgehead atoms. The molecule has 0 N–H and O–H groups in total. The number of rotatable bonds is 3. The van der Waals surface area contributed by atoms with Gasteiger partial charge in [0.1, 0.15) is 11.5 Å². The molecule has 0 spiro atoms. The smallest absolute Gasteiger partial charge is 0.320 e. The maximum Gasteiger partial charge on any atom is 0.377 e. The SMILES string of the molecule is CCN(C(=O)n1nnn(-c2ccc(F)cc2F)c1=O)C1CCCCC1. The van der Waals surface area contributed by atoms with Crippen molar-refractivity contribution in [2.75, 3.05) is 6.54 Å². The summed E-state index contributed by atoms with van der Waals surface area (Å²) in [6, 6.07) is 2.21. The number of benzene rings is 1. The van der Waals surface area contributed by atoms with Crippen LogP contribution in [0.1, 0.15) is 39.0 Å². The Bertz CT molecular complexity index is 826. The third-order valence-electron chi connectivity index (χ3n) is 4.50. The van der Waals surface area contributed by atoms with E-state index < -0.39 is 23.4 Å². The molecule has 0 aliphatic heterocycles. The van der Waals surface area contributed by atoms with Gasteiger partial charge in [-0.15, -0.1) is 4.68 Å². The monoisotopic (exact) mass is 351 g/mol.